The molecule has 4 rings (SSSR count). The fraction of sp³-hybridized carbons (Fsp3) is 0. The van der Waals surface area contributed by atoms with E-state index in [9.17, 15) is 4.79 Å². The average molecular weight is 399 g/mol. The van der Waals surface area contributed by atoms with Crippen LogP contribution in [0.5, 0.6) is 0 Å². The number of fused-ring (bicyclic) bond motifs is 1. The Kier molecular flexibility index (Phi) is 3.87. The highest BCUT2D eigenvalue weighted by Gasteiger charge is 2.13. The van der Waals surface area contributed by atoms with Gasteiger partial charge < -0.3 is 4.98 Å². The Bertz CT molecular complexity index is 1030. The first-order chi connectivity index (χ1) is 11.7. The van der Waals surface area contributed by atoms with Crippen LogP contribution in [0.25, 0.3) is 21.5 Å². The first kappa shape index (κ1) is 15.0. The van der Waals surface area contributed by atoms with Crippen molar-refractivity contribution in [1.82, 2.24) is 15.2 Å². The Morgan fingerprint density at radius 3 is 2.75 bits per heavy atom. The van der Waals surface area contributed by atoms with Crippen molar-refractivity contribution in [1.29, 1.82) is 0 Å². The van der Waals surface area contributed by atoms with E-state index in [0.717, 1.165) is 25.9 Å². The van der Waals surface area contributed by atoms with Crippen molar-refractivity contribution in [2.45, 2.75) is 0 Å². The number of amides is 1. The lowest BCUT2D eigenvalue weighted by Gasteiger charge is -1.97. The summed E-state index contributed by atoms with van der Waals surface area (Å²) in [4.78, 5) is 15.5. The molecule has 0 spiro atoms. The summed E-state index contributed by atoms with van der Waals surface area (Å²) in [5.74, 6) is -0.238. The van der Waals surface area contributed by atoms with Crippen molar-refractivity contribution in [3.8, 4) is 10.6 Å². The molecular formula is C17H11BrN4OS. The van der Waals surface area contributed by atoms with Crippen LogP contribution in [0, 0.1) is 0 Å². The number of anilines is 1. The van der Waals surface area contributed by atoms with Gasteiger partial charge in [0.2, 0.25) is 5.13 Å². The molecule has 0 atom stereocenters. The van der Waals surface area contributed by atoms with Crippen LogP contribution in [0.4, 0.5) is 5.13 Å². The molecule has 0 aliphatic carbocycles. The maximum absolute atomic E-state index is 12.4. The average Bonchev–Trinajstić information content (AvgIpc) is 3.22. The molecule has 5 nitrogen and oxygen atoms in total. The number of benzene rings is 2. The largest absolute Gasteiger partial charge is 0.350 e. The number of H-pyrrole nitrogens is 1. The summed E-state index contributed by atoms with van der Waals surface area (Å²) in [7, 11) is 0. The number of hydrogen-bond donors (Lipinski definition) is 2. The van der Waals surface area contributed by atoms with Gasteiger partial charge in [0.05, 0.1) is 0 Å². The second-order valence-corrected chi connectivity index (χ2v) is 7.04. The first-order valence-corrected chi connectivity index (χ1v) is 8.78. The van der Waals surface area contributed by atoms with E-state index in [2.05, 4.69) is 36.4 Å². The molecule has 7 heteroatoms. The molecule has 24 heavy (non-hydrogen) atoms. The van der Waals surface area contributed by atoms with E-state index in [0.29, 0.717) is 10.8 Å². The molecule has 0 bridgehead atoms. The van der Waals surface area contributed by atoms with Crippen molar-refractivity contribution < 1.29 is 4.79 Å². The number of nitrogens with one attached hydrogen (secondary N) is 2. The lowest BCUT2D eigenvalue weighted by molar-refractivity contribution is 0.102. The minimum atomic E-state index is -0.238. The van der Waals surface area contributed by atoms with Gasteiger partial charge in [0.25, 0.3) is 5.91 Å². The normalized spacial score (nSPS) is 10.9. The fourth-order valence-electron chi connectivity index (χ4n) is 2.36. The summed E-state index contributed by atoms with van der Waals surface area (Å²) in [5.41, 5.74) is 2.36. The van der Waals surface area contributed by atoms with Gasteiger partial charge in [0.15, 0.2) is 0 Å². The smallest absolute Gasteiger partial charge is 0.273 e. The molecule has 2 aromatic carbocycles. The van der Waals surface area contributed by atoms with Crippen LogP contribution < -0.4 is 5.32 Å². The fourth-order valence-corrected chi connectivity index (χ4v) is 3.46. The zero-order valence-electron chi connectivity index (χ0n) is 12.3. The molecular weight excluding hydrogens is 388 g/mol. The molecule has 0 aliphatic rings. The van der Waals surface area contributed by atoms with Crippen molar-refractivity contribution in [2.75, 3.05) is 5.32 Å². The number of aromatic nitrogens is 3. The standard InChI is InChI=1S/C17H11BrN4OS/c18-12-7-6-11-8-14(19-13(11)9-12)15(23)20-17-22-21-16(24-17)10-4-2-1-3-5-10/h1-9,19H,(H,20,22,23). The minimum Gasteiger partial charge on any atom is -0.350 e. The minimum absolute atomic E-state index is 0.238. The van der Waals surface area contributed by atoms with Crippen molar-refractivity contribution in [2.24, 2.45) is 0 Å². The lowest BCUT2D eigenvalue weighted by atomic mass is 10.2. The monoisotopic (exact) mass is 398 g/mol. The Morgan fingerprint density at radius 2 is 1.92 bits per heavy atom. The Labute approximate surface area is 149 Å². The summed E-state index contributed by atoms with van der Waals surface area (Å²) >= 11 is 4.76. The van der Waals surface area contributed by atoms with Crippen LogP contribution in [0.1, 0.15) is 10.5 Å². The van der Waals surface area contributed by atoms with Gasteiger partial charge in [0.1, 0.15) is 10.7 Å². The highest BCUT2D eigenvalue weighted by atomic mass is 79.9. The zero-order chi connectivity index (χ0) is 16.5. The number of aromatic amines is 1. The Morgan fingerprint density at radius 1 is 1.08 bits per heavy atom. The van der Waals surface area contributed by atoms with Crippen molar-refractivity contribution >= 4 is 49.2 Å². The van der Waals surface area contributed by atoms with E-state index in [-0.39, 0.29) is 5.91 Å². The Hall–Kier alpha value is -2.51. The zero-order valence-corrected chi connectivity index (χ0v) is 14.7. The van der Waals surface area contributed by atoms with Gasteiger partial charge in [-0.1, -0.05) is 63.7 Å². The van der Waals surface area contributed by atoms with Gasteiger partial charge in [-0.3, -0.25) is 10.1 Å². The SMILES string of the molecule is O=C(Nc1nnc(-c2ccccc2)s1)c1cc2ccc(Br)cc2[nH]1. The summed E-state index contributed by atoms with van der Waals surface area (Å²) in [5, 5.41) is 13.2. The second-order valence-electron chi connectivity index (χ2n) is 5.15. The molecule has 1 amide bonds. The topological polar surface area (TPSA) is 70.7 Å². The number of hydrogen-bond acceptors (Lipinski definition) is 4. The van der Waals surface area contributed by atoms with Crippen LogP contribution in [-0.2, 0) is 0 Å². The van der Waals surface area contributed by atoms with Gasteiger partial charge in [-0.05, 0) is 18.2 Å². The maximum atomic E-state index is 12.4. The van der Waals surface area contributed by atoms with E-state index in [1.807, 2.05) is 54.6 Å². The second kappa shape index (κ2) is 6.18. The molecule has 0 radical (unpaired) electrons. The molecule has 0 aliphatic heterocycles. The number of carbonyl (C=O) groups excluding carboxylic acids is 1. The van der Waals surface area contributed by atoms with Gasteiger partial charge in [0, 0.05) is 20.9 Å². The molecule has 0 unspecified atom stereocenters. The van der Waals surface area contributed by atoms with Crippen LogP contribution in [0.2, 0.25) is 0 Å². The molecule has 4 aromatic rings. The van der Waals surface area contributed by atoms with Crippen molar-refractivity contribution in [3.63, 3.8) is 0 Å². The van der Waals surface area contributed by atoms with Gasteiger partial charge >= 0.3 is 0 Å². The predicted molar refractivity (Wildman–Crippen MR) is 99.3 cm³/mol. The van der Waals surface area contributed by atoms with E-state index in [4.69, 9.17) is 0 Å². The summed E-state index contributed by atoms with van der Waals surface area (Å²) in [6.07, 6.45) is 0. The first-order valence-electron chi connectivity index (χ1n) is 7.17. The molecule has 2 aromatic heterocycles. The van der Waals surface area contributed by atoms with E-state index in [1.54, 1.807) is 0 Å². The molecule has 2 heterocycles. The number of halogens is 1. The van der Waals surface area contributed by atoms with Gasteiger partial charge in [-0.25, -0.2) is 0 Å². The molecule has 0 saturated heterocycles. The van der Waals surface area contributed by atoms with Crippen molar-refractivity contribution in [3.05, 3.63) is 64.8 Å². The van der Waals surface area contributed by atoms with Crippen LogP contribution in [0.15, 0.2) is 59.1 Å². The molecule has 118 valence electrons. The van der Waals surface area contributed by atoms with E-state index >= 15 is 0 Å². The Balaban J connectivity index is 1.56. The van der Waals surface area contributed by atoms with Gasteiger partial charge in [-0.15, -0.1) is 10.2 Å². The predicted octanol–water partition coefficient (Wildman–Crippen LogP) is 4.70. The number of nitrogens with zero attached hydrogens (tertiary/aromatic N) is 2. The highest BCUT2D eigenvalue weighted by Crippen LogP contribution is 2.26. The molecule has 0 saturated carbocycles. The number of rotatable bonds is 3. The van der Waals surface area contributed by atoms with E-state index in [1.165, 1.54) is 11.3 Å². The number of carbonyl (C=O) groups is 1. The summed E-state index contributed by atoms with van der Waals surface area (Å²) in [6.45, 7) is 0. The summed E-state index contributed by atoms with van der Waals surface area (Å²) in [6, 6.07) is 17.4. The molecule has 0 fully saturated rings. The molecule has 2 N–H and O–H groups in total. The highest BCUT2D eigenvalue weighted by molar-refractivity contribution is 9.10. The van der Waals surface area contributed by atoms with Crippen LogP contribution in [0.3, 0.4) is 0 Å². The van der Waals surface area contributed by atoms with Crippen LogP contribution >= 0.6 is 27.3 Å². The third-order valence-electron chi connectivity index (χ3n) is 3.50. The van der Waals surface area contributed by atoms with Crippen LogP contribution in [-0.4, -0.2) is 21.1 Å². The quantitative estimate of drug-likeness (QED) is 0.525. The third kappa shape index (κ3) is 2.95. The van der Waals surface area contributed by atoms with Gasteiger partial charge in [-0.2, -0.15) is 0 Å². The van der Waals surface area contributed by atoms with E-state index < -0.39 is 0 Å². The summed E-state index contributed by atoms with van der Waals surface area (Å²) < 4.78 is 0.959. The lowest BCUT2D eigenvalue weighted by Crippen LogP contribution is -2.11. The maximum Gasteiger partial charge on any atom is 0.273 e. The third-order valence-corrected chi connectivity index (χ3v) is 4.88.